The number of benzene rings is 1. The topological polar surface area (TPSA) is 9.23 Å². The molecule has 1 rings (SSSR count). The lowest BCUT2D eigenvalue weighted by molar-refractivity contribution is 0.350. The summed E-state index contributed by atoms with van der Waals surface area (Å²) < 4.78 is 5.41. The number of rotatable bonds is 3. The van der Waals surface area contributed by atoms with Crippen molar-refractivity contribution in [3.63, 3.8) is 0 Å². The molecule has 0 aliphatic heterocycles. The molecular weight excluding hydrogens is 207 g/mol. The molecule has 1 nitrogen and oxygen atoms in total. The van der Waals surface area contributed by atoms with Gasteiger partial charge in [-0.15, -0.1) is 12.2 Å². The second-order valence-electron chi connectivity index (χ2n) is 2.56. The van der Waals surface area contributed by atoms with Crippen molar-refractivity contribution in [2.45, 2.75) is 6.61 Å². The molecule has 0 saturated carbocycles. The normalized spacial score (nSPS) is 15.5. The molecule has 0 N–H and O–H groups in total. The third-order valence-electron chi connectivity index (χ3n) is 1.31. The zero-order valence-electron chi connectivity index (χ0n) is 6.80. The van der Waals surface area contributed by atoms with Gasteiger partial charge in [-0.25, -0.2) is 0 Å². The van der Waals surface area contributed by atoms with Crippen LogP contribution in [-0.2, 0) is 22.9 Å². The van der Waals surface area contributed by atoms with Crippen LogP contribution in [0.5, 0.6) is 0 Å². The molecule has 1 atom stereocenters. The van der Waals surface area contributed by atoms with Gasteiger partial charge in [0.2, 0.25) is 0 Å². The first-order valence-corrected chi connectivity index (χ1v) is 7.89. The molecule has 12 heavy (non-hydrogen) atoms. The van der Waals surface area contributed by atoms with Gasteiger partial charge in [0.25, 0.3) is 0 Å². The van der Waals surface area contributed by atoms with Crippen molar-refractivity contribution in [2.24, 2.45) is 0 Å². The molecule has 0 heterocycles. The lowest BCUT2D eigenvalue weighted by Crippen LogP contribution is -1.86. The van der Waals surface area contributed by atoms with Crippen LogP contribution in [-0.4, -0.2) is 6.66 Å². The van der Waals surface area contributed by atoms with Crippen LogP contribution in [0.1, 0.15) is 5.56 Å². The summed E-state index contributed by atoms with van der Waals surface area (Å²) in [4.78, 5) is 0. The van der Waals surface area contributed by atoms with Crippen LogP contribution in [0.15, 0.2) is 30.3 Å². The van der Waals surface area contributed by atoms with Gasteiger partial charge in [-0.2, -0.15) is 0 Å². The highest BCUT2D eigenvalue weighted by atomic mass is 32.9. The third kappa shape index (κ3) is 4.27. The summed E-state index contributed by atoms with van der Waals surface area (Å²) in [6, 6.07) is 9.97. The van der Waals surface area contributed by atoms with Crippen molar-refractivity contribution < 1.29 is 4.52 Å². The van der Waals surface area contributed by atoms with E-state index in [2.05, 4.69) is 12.2 Å². The monoisotopic (exact) mass is 218 g/mol. The number of thiol groups is 1. The van der Waals surface area contributed by atoms with E-state index in [1.165, 1.54) is 0 Å². The third-order valence-corrected chi connectivity index (χ3v) is 2.58. The first-order valence-electron chi connectivity index (χ1n) is 3.57. The quantitative estimate of drug-likeness (QED) is 0.616. The Morgan fingerprint density at radius 3 is 2.50 bits per heavy atom. The van der Waals surface area contributed by atoms with E-state index in [4.69, 9.17) is 16.3 Å². The van der Waals surface area contributed by atoms with Crippen LogP contribution in [0.3, 0.4) is 0 Å². The summed E-state index contributed by atoms with van der Waals surface area (Å²) >= 11 is 9.23. The van der Waals surface area contributed by atoms with Crippen molar-refractivity contribution in [3.05, 3.63) is 35.9 Å². The Morgan fingerprint density at radius 2 is 2.00 bits per heavy atom. The first-order chi connectivity index (χ1) is 5.58. The Kier molecular flexibility index (Phi) is 3.78. The second-order valence-corrected chi connectivity index (χ2v) is 9.62. The van der Waals surface area contributed by atoms with E-state index in [9.17, 15) is 0 Å². The molecule has 0 saturated heterocycles. The molecule has 0 fully saturated rings. The summed E-state index contributed by atoms with van der Waals surface area (Å²) in [6.07, 6.45) is 0. The molecule has 0 aliphatic rings. The fourth-order valence-corrected chi connectivity index (χ4v) is 1.49. The zero-order valence-corrected chi connectivity index (χ0v) is 9.41. The maximum atomic E-state index is 5.41. The van der Waals surface area contributed by atoms with Gasteiger partial charge in [-0.3, -0.25) is 0 Å². The summed E-state index contributed by atoms with van der Waals surface area (Å²) in [5, 5.41) is 0. The Bertz CT molecular complexity index is 280. The van der Waals surface area contributed by atoms with Gasteiger partial charge >= 0.3 is 0 Å². The fourth-order valence-electron chi connectivity index (χ4n) is 0.769. The van der Waals surface area contributed by atoms with Gasteiger partial charge in [-0.05, 0) is 12.2 Å². The minimum absolute atomic E-state index is 0.568. The first kappa shape index (κ1) is 10.3. The fraction of sp³-hybridized carbons (Fsp3) is 0.250. The zero-order chi connectivity index (χ0) is 9.03. The van der Waals surface area contributed by atoms with Crippen LogP contribution < -0.4 is 0 Å². The second kappa shape index (κ2) is 4.43. The smallest absolute Gasteiger partial charge is 0.114 e. The van der Waals surface area contributed by atoms with Gasteiger partial charge < -0.3 is 4.52 Å². The predicted molar refractivity (Wildman–Crippen MR) is 60.4 cm³/mol. The molecule has 0 spiro atoms. The van der Waals surface area contributed by atoms with Crippen LogP contribution in [0.2, 0.25) is 0 Å². The lowest BCUT2D eigenvalue weighted by Gasteiger charge is -2.09. The molecule has 0 amide bonds. The maximum absolute atomic E-state index is 5.41. The van der Waals surface area contributed by atoms with Gasteiger partial charge in [0.1, 0.15) is 5.47 Å². The predicted octanol–water partition coefficient (Wildman–Crippen LogP) is 3.07. The van der Waals surface area contributed by atoms with Crippen molar-refractivity contribution in [1.29, 1.82) is 0 Å². The molecule has 0 bridgehead atoms. The van der Waals surface area contributed by atoms with Crippen LogP contribution in [0.25, 0.3) is 0 Å². The average Bonchev–Trinajstić information content (AvgIpc) is 2.02. The minimum Gasteiger partial charge on any atom is -0.337 e. The highest BCUT2D eigenvalue weighted by molar-refractivity contribution is 8.61. The molecular formula is C8H11OPS2. The Balaban J connectivity index is 2.50. The molecule has 1 aromatic rings. The van der Waals surface area contributed by atoms with Crippen molar-refractivity contribution in [3.8, 4) is 0 Å². The molecule has 0 aromatic heterocycles. The highest BCUT2D eigenvalue weighted by Crippen LogP contribution is 2.48. The van der Waals surface area contributed by atoms with Crippen LogP contribution in [0.4, 0.5) is 0 Å². The number of hydrogen-bond donors (Lipinski definition) is 1. The molecule has 4 heteroatoms. The Labute approximate surface area is 83.4 Å². The van der Waals surface area contributed by atoms with Crippen molar-refractivity contribution in [2.75, 3.05) is 6.66 Å². The van der Waals surface area contributed by atoms with Crippen LogP contribution in [0, 0.1) is 0 Å². The summed E-state index contributed by atoms with van der Waals surface area (Å²) in [6.45, 7) is 2.42. The average molecular weight is 218 g/mol. The van der Waals surface area contributed by atoms with Gasteiger partial charge in [0.05, 0.1) is 6.61 Å². The van der Waals surface area contributed by atoms with E-state index >= 15 is 0 Å². The molecule has 1 unspecified atom stereocenters. The lowest BCUT2D eigenvalue weighted by atomic mass is 10.2. The molecule has 0 aliphatic carbocycles. The Morgan fingerprint density at radius 1 is 1.42 bits per heavy atom. The van der Waals surface area contributed by atoms with E-state index in [1.807, 2.05) is 37.0 Å². The summed E-state index contributed by atoms with van der Waals surface area (Å²) in [5.74, 6) is 0. The Hall–Kier alpha value is 0.180. The maximum Gasteiger partial charge on any atom is 0.114 e. The van der Waals surface area contributed by atoms with E-state index in [0.29, 0.717) is 6.61 Å². The van der Waals surface area contributed by atoms with E-state index in [-0.39, 0.29) is 0 Å². The summed E-state index contributed by atoms with van der Waals surface area (Å²) in [5.41, 5.74) is -0.662. The standard InChI is InChI=1S/C8H11OPS2/c1-10(11,12)9-7-8-5-3-2-4-6-8/h2-6H,7H2,1H3,(H,11,12). The molecule has 66 valence electrons. The van der Waals surface area contributed by atoms with Gasteiger partial charge in [0.15, 0.2) is 0 Å². The number of hydrogen-bond acceptors (Lipinski definition) is 2. The summed E-state index contributed by atoms with van der Waals surface area (Å²) in [7, 11) is 0. The minimum atomic E-state index is -1.80. The van der Waals surface area contributed by atoms with Crippen LogP contribution >= 0.6 is 17.7 Å². The largest absolute Gasteiger partial charge is 0.337 e. The van der Waals surface area contributed by atoms with Gasteiger partial charge in [-0.1, -0.05) is 42.1 Å². The van der Waals surface area contributed by atoms with E-state index < -0.39 is 5.47 Å². The SMILES string of the molecule is CP(=S)(S)OCc1ccccc1. The van der Waals surface area contributed by atoms with Crippen molar-refractivity contribution in [1.82, 2.24) is 0 Å². The van der Waals surface area contributed by atoms with E-state index in [1.54, 1.807) is 0 Å². The molecule has 1 aromatic carbocycles. The van der Waals surface area contributed by atoms with E-state index in [0.717, 1.165) is 5.56 Å². The molecule has 0 radical (unpaired) electrons. The van der Waals surface area contributed by atoms with Gasteiger partial charge in [0, 0.05) is 0 Å². The van der Waals surface area contributed by atoms with Crippen molar-refractivity contribution >= 4 is 29.5 Å². The highest BCUT2D eigenvalue weighted by Gasteiger charge is 2.02.